The minimum atomic E-state index is -0.864. The topological polar surface area (TPSA) is 94.7 Å². The lowest BCUT2D eigenvalue weighted by Gasteiger charge is -2.27. The number of nitrogens with zero attached hydrogens (tertiary/aromatic N) is 1. The van der Waals surface area contributed by atoms with Gasteiger partial charge in [0.1, 0.15) is 5.75 Å². The molecule has 2 aromatic carbocycles. The minimum absolute atomic E-state index is 0.0703. The molecule has 0 bridgehead atoms. The molecule has 1 aliphatic rings. The van der Waals surface area contributed by atoms with Crippen molar-refractivity contribution in [1.82, 2.24) is 15.2 Å². The van der Waals surface area contributed by atoms with E-state index in [0.717, 1.165) is 28.5 Å². The number of hydrogen-bond donors (Lipinski definition) is 3. The molecule has 174 valence electrons. The van der Waals surface area contributed by atoms with Gasteiger partial charge in [0.05, 0.1) is 19.6 Å². The Labute approximate surface area is 193 Å². The first-order valence-electron chi connectivity index (χ1n) is 11.4. The first-order valence-corrected chi connectivity index (χ1v) is 11.4. The molecule has 1 aliphatic heterocycles. The number of methoxy groups -OCH3 is 1. The number of likely N-dealkylation sites (tertiary alicyclic amines) is 1. The van der Waals surface area contributed by atoms with E-state index >= 15 is 0 Å². The van der Waals surface area contributed by atoms with E-state index in [1.165, 1.54) is 0 Å². The highest BCUT2D eigenvalue weighted by Crippen LogP contribution is 2.46. The molecule has 4 unspecified atom stereocenters. The predicted molar refractivity (Wildman–Crippen MR) is 127 cm³/mol. The van der Waals surface area contributed by atoms with Crippen LogP contribution in [0.5, 0.6) is 5.75 Å². The van der Waals surface area contributed by atoms with Crippen LogP contribution in [0.4, 0.5) is 0 Å². The lowest BCUT2D eigenvalue weighted by molar-refractivity contribution is -0.143. The van der Waals surface area contributed by atoms with Crippen molar-refractivity contribution in [1.29, 1.82) is 0 Å². The van der Waals surface area contributed by atoms with Crippen molar-refractivity contribution in [2.45, 2.75) is 38.3 Å². The van der Waals surface area contributed by atoms with Crippen LogP contribution < -0.4 is 10.1 Å². The van der Waals surface area contributed by atoms with Gasteiger partial charge in [0, 0.05) is 36.3 Å². The number of hydrogen-bond acceptors (Lipinski definition) is 4. The molecule has 1 amide bonds. The SMILES string of the molecule is CCC(C)NC(=O)CN1CC(c2ccc3cc[nH]c3c2)C(C(=O)O)C1c1ccc(OC)cc1. The number of ether oxygens (including phenoxy) is 1. The Hall–Kier alpha value is -3.32. The van der Waals surface area contributed by atoms with Crippen molar-refractivity contribution in [2.75, 3.05) is 20.2 Å². The number of aliphatic carboxylic acids is 1. The van der Waals surface area contributed by atoms with Gasteiger partial charge in [0.15, 0.2) is 0 Å². The summed E-state index contributed by atoms with van der Waals surface area (Å²) in [5, 5.41) is 14.4. The molecule has 4 rings (SSSR count). The van der Waals surface area contributed by atoms with Crippen LogP contribution >= 0.6 is 0 Å². The van der Waals surface area contributed by atoms with Crippen LogP contribution in [0.25, 0.3) is 10.9 Å². The molecule has 7 heteroatoms. The van der Waals surface area contributed by atoms with Crippen molar-refractivity contribution >= 4 is 22.8 Å². The summed E-state index contributed by atoms with van der Waals surface area (Å²) in [6, 6.07) is 15.2. The van der Waals surface area contributed by atoms with E-state index in [1.54, 1.807) is 7.11 Å². The van der Waals surface area contributed by atoms with Gasteiger partial charge in [-0.2, -0.15) is 0 Å². The number of carbonyl (C=O) groups is 2. The highest BCUT2D eigenvalue weighted by molar-refractivity contribution is 5.81. The second-order valence-electron chi connectivity index (χ2n) is 8.82. The van der Waals surface area contributed by atoms with E-state index in [2.05, 4.69) is 10.3 Å². The Morgan fingerprint density at radius 3 is 2.58 bits per heavy atom. The number of aromatic nitrogens is 1. The number of amides is 1. The van der Waals surface area contributed by atoms with Crippen LogP contribution in [0.1, 0.15) is 43.4 Å². The van der Waals surface area contributed by atoms with E-state index in [9.17, 15) is 14.7 Å². The molecular formula is C26H31N3O4. The lowest BCUT2D eigenvalue weighted by Crippen LogP contribution is -2.41. The number of nitrogens with one attached hydrogen (secondary N) is 2. The Kier molecular flexibility index (Phi) is 6.70. The molecule has 4 atom stereocenters. The van der Waals surface area contributed by atoms with Gasteiger partial charge in [-0.25, -0.2) is 0 Å². The smallest absolute Gasteiger partial charge is 0.309 e. The number of carbonyl (C=O) groups excluding carboxylic acids is 1. The number of H-pyrrole nitrogens is 1. The molecule has 0 aliphatic carbocycles. The third-order valence-electron chi connectivity index (χ3n) is 6.71. The highest BCUT2D eigenvalue weighted by Gasteiger charge is 2.47. The summed E-state index contributed by atoms with van der Waals surface area (Å²) < 4.78 is 5.28. The van der Waals surface area contributed by atoms with Crippen molar-refractivity contribution in [3.05, 3.63) is 65.9 Å². The Bertz CT molecular complexity index is 1120. The van der Waals surface area contributed by atoms with Crippen molar-refractivity contribution in [3.63, 3.8) is 0 Å². The summed E-state index contributed by atoms with van der Waals surface area (Å²) in [4.78, 5) is 30.6. The quantitative estimate of drug-likeness (QED) is 0.484. The van der Waals surface area contributed by atoms with Crippen LogP contribution in [-0.2, 0) is 9.59 Å². The van der Waals surface area contributed by atoms with Gasteiger partial charge < -0.3 is 20.1 Å². The third kappa shape index (κ3) is 4.73. The number of aromatic amines is 1. The number of carboxylic acid groups (broad SMARTS) is 1. The lowest BCUT2D eigenvalue weighted by atomic mass is 9.82. The predicted octanol–water partition coefficient (Wildman–Crippen LogP) is 3.93. The molecule has 3 N–H and O–H groups in total. The molecule has 7 nitrogen and oxygen atoms in total. The molecule has 3 aromatic rings. The zero-order chi connectivity index (χ0) is 23.5. The molecule has 0 spiro atoms. The van der Waals surface area contributed by atoms with E-state index in [4.69, 9.17) is 4.74 Å². The van der Waals surface area contributed by atoms with E-state index in [1.807, 2.05) is 73.5 Å². The average molecular weight is 450 g/mol. The largest absolute Gasteiger partial charge is 0.497 e. The van der Waals surface area contributed by atoms with E-state index in [-0.39, 0.29) is 24.4 Å². The molecule has 1 saturated heterocycles. The van der Waals surface area contributed by atoms with Gasteiger partial charge in [0.25, 0.3) is 0 Å². The van der Waals surface area contributed by atoms with Crippen LogP contribution in [-0.4, -0.2) is 53.1 Å². The van der Waals surface area contributed by atoms with Crippen molar-refractivity contribution in [2.24, 2.45) is 5.92 Å². The summed E-state index contributed by atoms with van der Waals surface area (Å²) in [5.74, 6) is -1.19. The Morgan fingerprint density at radius 2 is 1.91 bits per heavy atom. The minimum Gasteiger partial charge on any atom is -0.497 e. The molecule has 0 saturated carbocycles. The molecule has 0 radical (unpaired) electrons. The maximum Gasteiger partial charge on any atom is 0.309 e. The highest BCUT2D eigenvalue weighted by atomic mass is 16.5. The maximum absolute atomic E-state index is 12.8. The van der Waals surface area contributed by atoms with Crippen LogP contribution in [0.3, 0.4) is 0 Å². The maximum atomic E-state index is 12.8. The van der Waals surface area contributed by atoms with Gasteiger partial charge in [-0.1, -0.05) is 31.2 Å². The third-order valence-corrected chi connectivity index (χ3v) is 6.71. The number of rotatable bonds is 8. The van der Waals surface area contributed by atoms with Crippen LogP contribution in [0.15, 0.2) is 54.7 Å². The van der Waals surface area contributed by atoms with Crippen molar-refractivity contribution in [3.8, 4) is 5.75 Å². The van der Waals surface area contributed by atoms with Crippen molar-refractivity contribution < 1.29 is 19.4 Å². The fourth-order valence-corrected chi connectivity index (χ4v) is 4.83. The summed E-state index contributed by atoms with van der Waals surface area (Å²) in [6.07, 6.45) is 2.72. The van der Waals surface area contributed by atoms with Gasteiger partial charge in [-0.05, 0) is 54.1 Å². The van der Waals surface area contributed by atoms with Gasteiger partial charge >= 0.3 is 5.97 Å². The normalized spacial score (nSPS) is 21.7. The van der Waals surface area contributed by atoms with Crippen LogP contribution in [0.2, 0.25) is 0 Å². The molecule has 1 aromatic heterocycles. The summed E-state index contributed by atoms with van der Waals surface area (Å²) in [5.41, 5.74) is 2.80. The number of benzene rings is 2. The summed E-state index contributed by atoms with van der Waals surface area (Å²) in [7, 11) is 1.60. The van der Waals surface area contributed by atoms with Gasteiger partial charge in [-0.3, -0.25) is 14.5 Å². The average Bonchev–Trinajstić information content (AvgIpc) is 3.43. The summed E-state index contributed by atoms with van der Waals surface area (Å²) >= 11 is 0. The first kappa shape index (κ1) is 22.9. The summed E-state index contributed by atoms with van der Waals surface area (Å²) in [6.45, 7) is 4.62. The first-order chi connectivity index (χ1) is 15.9. The molecule has 33 heavy (non-hydrogen) atoms. The zero-order valence-electron chi connectivity index (χ0n) is 19.2. The molecule has 1 fully saturated rings. The van der Waals surface area contributed by atoms with Gasteiger partial charge in [-0.15, -0.1) is 0 Å². The zero-order valence-corrected chi connectivity index (χ0v) is 19.2. The second kappa shape index (κ2) is 9.67. The number of fused-ring (bicyclic) bond motifs is 1. The fourth-order valence-electron chi connectivity index (χ4n) is 4.83. The Morgan fingerprint density at radius 1 is 1.18 bits per heavy atom. The van der Waals surface area contributed by atoms with Crippen LogP contribution in [0, 0.1) is 5.92 Å². The van der Waals surface area contributed by atoms with Gasteiger partial charge in [0.2, 0.25) is 5.91 Å². The number of carboxylic acids is 1. The van der Waals surface area contributed by atoms with E-state index in [0.29, 0.717) is 12.3 Å². The standard InChI is InChI=1S/C26H31N3O4/c1-4-16(2)28-23(30)15-29-14-21(19-6-5-17-11-12-27-22(17)13-19)24(26(31)32)25(29)18-7-9-20(33-3)10-8-18/h5-13,16,21,24-25,27H,4,14-15H2,1-3H3,(H,28,30)(H,31,32). The molecular weight excluding hydrogens is 418 g/mol. The van der Waals surface area contributed by atoms with E-state index < -0.39 is 17.9 Å². The monoisotopic (exact) mass is 449 g/mol. The fraction of sp³-hybridized carbons (Fsp3) is 0.385. The molecule has 2 heterocycles. The Balaban J connectivity index is 1.71. The second-order valence-corrected chi connectivity index (χ2v) is 8.82.